The van der Waals surface area contributed by atoms with E-state index in [0.29, 0.717) is 5.56 Å². The van der Waals surface area contributed by atoms with E-state index in [4.69, 9.17) is 4.98 Å². The van der Waals surface area contributed by atoms with Crippen LogP contribution >= 0.6 is 22.7 Å². The molecule has 2 aromatic heterocycles. The monoisotopic (exact) mass is 461 g/mol. The van der Waals surface area contributed by atoms with Crippen LogP contribution in [-0.4, -0.2) is 29.4 Å². The molecule has 0 radical (unpaired) electrons. The first kappa shape index (κ1) is 21.3. The fourth-order valence-electron chi connectivity index (χ4n) is 4.12. The Kier molecular flexibility index (Phi) is 5.40. The highest BCUT2D eigenvalue weighted by Crippen LogP contribution is 2.45. The maximum Gasteiger partial charge on any atom is 0.256 e. The van der Waals surface area contributed by atoms with Gasteiger partial charge in [-0.2, -0.15) is 0 Å². The van der Waals surface area contributed by atoms with Crippen LogP contribution in [-0.2, 0) is 18.4 Å². The van der Waals surface area contributed by atoms with Crippen molar-refractivity contribution in [3.05, 3.63) is 70.1 Å². The number of para-hydroxylation sites is 1. The molecular formula is C26H27N3OS2. The minimum Gasteiger partial charge on any atom is -0.313 e. The minimum atomic E-state index is -0.0697. The molecule has 4 aromatic rings. The molecule has 0 bridgehead atoms. The van der Waals surface area contributed by atoms with Gasteiger partial charge in [-0.25, -0.2) is 4.98 Å². The maximum absolute atomic E-state index is 13.2. The number of amides is 1. The van der Waals surface area contributed by atoms with Crippen LogP contribution in [0.4, 0.5) is 5.00 Å². The van der Waals surface area contributed by atoms with E-state index in [0.717, 1.165) is 40.6 Å². The highest BCUT2D eigenvalue weighted by Gasteiger charge is 2.27. The number of aromatic nitrogens is 1. The normalized spacial score (nSPS) is 14.5. The summed E-state index contributed by atoms with van der Waals surface area (Å²) >= 11 is 3.39. The van der Waals surface area contributed by atoms with E-state index in [1.54, 1.807) is 22.7 Å². The number of hydrogen-bond acceptors (Lipinski definition) is 5. The number of hydrogen-bond donors (Lipinski definition) is 1. The van der Waals surface area contributed by atoms with E-state index in [2.05, 4.69) is 62.3 Å². The predicted molar refractivity (Wildman–Crippen MR) is 136 cm³/mol. The lowest BCUT2D eigenvalue weighted by molar-refractivity contribution is 0.102. The second kappa shape index (κ2) is 8.10. The number of benzene rings is 2. The molecule has 1 N–H and O–H groups in total. The molecule has 1 aliphatic rings. The lowest BCUT2D eigenvalue weighted by Gasteiger charge is -2.22. The number of nitrogens with one attached hydrogen (secondary N) is 1. The third kappa shape index (κ3) is 3.98. The summed E-state index contributed by atoms with van der Waals surface area (Å²) in [6, 6.07) is 16.2. The fraction of sp³-hybridized carbons (Fsp3) is 0.308. The Morgan fingerprint density at radius 1 is 1.06 bits per heavy atom. The minimum absolute atomic E-state index is 0.0633. The first-order chi connectivity index (χ1) is 15.3. The average molecular weight is 462 g/mol. The van der Waals surface area contributed by atoms with Crippen LogP contribution in [0.3, 0.4) is 0 Å². The molecule has 164 valence electrons. The molecule has 0 unspecified atom stereocenters. The molecular weight excluding hydrogens is 434 g/mol. The van der Waals surface area contributed by atoms with Gasteiger partial charge < -0.3 is 10.2 Å². The van der Waals surface area contributed by atoms with Crippen LogP contribution in [0.5, 0.6) is 0 Å². The van der Waals surface area contributed by atoms with Crippen molar-refractivity contribution in [2.75, 3.05) is 18.9 Å². The van der Waals surface area contributed by atoms with E-state index in [1.807, 2.05) is 24.3 Å². The van der Waals surface area contributed by atoms with E-state index in [-0.39, 0.29) is 11.3 Å². The van der Waals surface area contributed by atoms with Gasteiger partial charge in [-0.1, -0.05) is 45.0 Å². The third-order valence-corrected chi connectivity index (χ3v) is 8.18. The van der Waals surface area contributed by atoms with Gasteiger partial charge in [-0.3, -0.25) is 4.79 Å². The number of carbonyl (C=O) groups excluding carboxylic acids is 1. The first-order valence-corrected chi connectivity index (χ1v) is 12.5. The number of thiophene rings is 1. The van der Waals surface area contributed by atoms with Crippen molar-refractivity contribution in [3.63, 3.8) is 0 Å². The van der Waals surface area contributed by atoms with E-state index >= 15 is 0 Å². The zero-order valence-electron chi connectivity index (χ0n) is 18.9. The lowest BCUT2D eigenvalue weighted by atomic mass is 9.87. The summed E-state index contributed by atoms with van der Waals surface area (Å²) in [5.74, 6) is -0.0697. The molecule has 1 aliphatic heterocycles. The Bertz CT molecular complexity index is 1260. The van der Waals surface area contributed by atoms with Crippen molar-refractivity contribution in [2.45, 2.75) is 39.2 Å². The Hall–Kier alpha value is -2.54. The number of carbonyl (C=O) groups is 1. The van der Waals surface area contributed by atoms with Crippen LogP contribution in [0.2, 0.25) is 0 Å². The van der Waals surface area contributed by atoms with E-state index in [1.165, 1.54) is 20.7 Å². The van der Waals surface area contributed by atoms with Gasteiger partial charge in [0.2, 0.25) is 0 Å². The number of fused-ring (bicyclic) bond motifs is 2. The summed E-state index contributed by atoms with van der Waals surface area (Å²) in [6.45, 7) is 8.47. The molecule has 3 heterocycles. The van der Waals surface area contributed by atoms with Crippen LogP contribution in [0, 0.1) is 0 Å². The van der Waals surface area contributed by atoms with Crippen molar-refractivity contribution < 1.29 is 4.79 Å². The van der Waals surface area contributed by atoms with Gasteiger partial charge in [-0.05, 0) is 54.3 Å². The van der Waals surface area contributed by atoms with Gasteiger partial charge >= 0.3 is 0 Å². The Morgan fingerprint density at radius 2 is 1.81 bits per heavy atom. The van der Waals surface area contributed by atoms with E-state index < -0.39 is 0 Å². The van der Waals surface area contributed by atoms with E-state index in [9.17, 15) is 4.79 Å². The molecule has 1 amide bonds. The molecule has 4 nitrogen and oxygen atoms in total. The van der Waals surface area contributed by atoms with Crippen LogP contribution < -0.4 is 5.32 Å². The summed E-state index contributed by atoms with van der Waals surface area (Å²) in [5, 5.41) is 5.13. The molecule has 32 heavy (non-hydrogen) atoms. The zero-order chi connectivity index (χ0) is 22.5. The molecule has 6 heteroatoms. The van der Waals surface area contributed by atoms with Crippen molar-refractivity contribution in [2.24, 2.45) is 0 Å². The molecule has 5 rings (SSSR count). The maximum atomic E-state index is 13.2. The van der Waals surface area contributed by atoms with Crippen molar-refractivity contribution in [1.29, 1.82) is 0 Å². The first-order valence-electron chi connectivity index (χ1n) is 10.9. The Labute approximate surface area is 196 Å². The summed E-state index contributed by atoms with van der Waals surface area (Å²) < 4.78 is 1.17. The second-order valence-electron chi connectivity index (χ2n) is 9.46. The Balaban J connectivity index is 1.53. The lowest BCUT2D eigenvalue weighted by Crippen LogP contribution is -2.25. The summed E-state index contributed by atoms with van der Waals surface area (Å²) in [5.41, 5.74) is 5.42. The third-order valence-electron chi connectivity index (χ3n) is 6.00. The largest absolute Gasteiger partial charge is 0.313 e. The zero-order valence-corrected chi connectivity index (χ0v) is 20.5. The van der Waals surface area contributed by atoms with Gasteiger partial charge in [0.1, 0.15) is 10.0 Å². The van der Waals surface area contributed by atoms with Crippen LogP contribution in [0.25, 0.3) is 20.8 Å². The topological polar surface area (TPSA) is 45.2 Å². The quantitative estimate of drug-likeness (QED) is 0.376. The number of likely N-dealkylation sites (N-methyl/N-ethyl adjacent to an activating group) is 1. The highest BCUT2D eigenvalue weighted by molar-refractivity contribution is 7.23. The molecule has 0 aliphatic carbocycles. The molecule has 2 aromatic carbocycles. The molecule has 0 fully saturated rings. The molecule has 0 saturated carbocycles. The molecule has 0 atom stereocenters. The standard InChI is InChI=1S/C26H27N3OS2/c1-26(2,3)17-11-9-16(10-12-17)23(30)28-25-22(18-13-14-29(4)15-21(18)32-25)24-27-19-7-5-6-8-20(19)31-24/h5-12H,13-15H2,1-4H3,(H,28,30). The van der Waals surface area contributed by atoms with Gasteiger partial charge in [0.15, 0.2) is 0 Å². The van der Waals surface area contributed by atoms with Gasteiger partial charge in [0.05, 0.1) is 10.2 Å². The average Bonchev–Trinajstić information content (AvgIpc) is 3.33. The summed E-state index contributed by atoms with van der Waals surface area (Å²) in [4.78, 5) is 21.8. The Morgan fingerprint density at radius 3 is 2.53 bits per heavy atom. The van der Waals surface area contributed by atoms with Crippen LogP contribution in [0.1, 0.15) is 47.1 Å². The SMILES string of the molecule is CN1CCc2c(sc(NC(=O)c3ccc(C(C)(C)C)cc3)c2-c2nc3ccccc3s2)C1. The number of thiazole rings is 1. The fourth-order valence-corrected chi connectivity index (χ4v) is 6.55. The number of nitrogens with zero attached hydrogens (tertiary/aromatic N) is 2. The van der Waals surface area contributed by atoms with Gasteiger partial charge in [-0.15, -0.1) is 22.7 Å². The van der Waals surface area contributed by atoms with Crippen molar-refractivity contribution >= 4 is 43.8 Å². The summed E-state index contributed by atoms with van der Waals surface area (Å²) in [6.07, 6.45) is 0.976. The van der Waals surface area contributed by atoms with Crippen molar-refractivity contribution in [1.82, 2.24) is 9.88 Å². The second-order valence-corrected chi connectivity index (χ2v) is 11.6. The van der Waals surface area contributed by atoms with Gasteiger partial charge in [0.25, 0.3) is 5.91 Å². The number of rotatable bonds is 3. The smallest absolute Gasteiger partial charge is 0.256 e. The van der Waals surface area contributed by atoms with Crippen LogP contribution in [0.15, 0.2) is 48.5 Å². The predicted octanol–water partition coefficient (Wildman–Crippen LogP) is 6.56. The molecule has 0 spiro atoms. The summed E-state index contributed by atoms with van der Waals surface area (Å²) in [7, 11) is 2.15. The van der Waals surface area contributed by atoms with Crippen molar-refractivity contribution in [3.8, 4) is 10.6 Å². The molecule has 0 saturated heterocycles. The van der Waals surface area contributed by atoms with Gasteiger partial charge in [0, 0.05) is 29.1 Å². The highest BCUT2D eigenvalue weighted by atomic mass is 32.1. The number of anilines is 1.